The van der Waals surface area contributed by atoms with Gasteiger partial charge in [0.2, 0.25) is 0 Å². The fourth-order valence-corrected chi connectivity index (χ4v) is 1.73. The van der Waals surface area contributed by atoms with Crippen LogP contribution in [0.4, 0.5) is 10.1 Å². The summed E-state index contributed by atoms with van der Waals surface area (Å²) in [5, 5.41) is 0. The summed E-state index contributed by atoms with van der Waals surface area (Å²) in [4.78, 5) is 0. The van der Waals surface area contributed by atoms with Gasteiger partial charge in [0, 0.05) is 12.1 Å². The number of hydrogen-bond acceptors (Lipinski definition) is 3. The minimum Gasteiger partial charge on any atom is -0.494 e. The Kier molecular flexibility index (Phi) is 3.60. The molecule has 0 saturated heterocycles. The molecule has 0 amide bonds. The van der Waals surface area contributed by atoms with Crippen molar-refractivity contribution in [3.63, 3.8) is 0 Å². The first-order chi connectivity index (χ1) is 9.01. The molecule has 0 aliphatic heterocycles. The number of halogens is 1. The maximum absolute atomic E-state index is 13.5. The lowest BCUT2D eigenvalue weighted by Crippen LogP contribution is -1.97. The highest BCUT2D eigenvalue weighted by molar-refractivity contribution is 5.58. The number of nitrogens with two attached hydrogens (primary N) is 1. The zero-order valence-corrected chi connectivity index (χ0v) is 11.2. The molecule has 19 heavy (non-hydrogen) atoms. The molecule has 2 rings (SSSR count). The number of anilines is 1. The molecular formula is C15H16FNO2. The minimum absolute atomic E-state index is 0.106. The van der Waals surface area contributed by atoms with Crippen molar-refractivity contribution >= 4 is 5.69 Å². The van der Waals surface area contributed by atoms with Crippen molar-refractivity contribution < 1.29 is 13.9 Å². The molecule has 0 bridgehead atoms. The Morgan fingerprint density at radius 3 is 2.42 bits per heavy atom. The van der Waals surface area contributed by atoms with Gasteiger partial charge in [0.1, 0.15) is 5.75 Å². The van der Waals surface area contributed by atoms with Gasteiger partial charge in [0.15, 0.2) is 17.3 Å². The highest BCUT2D eigenvalue weighted by Gasteiger charge is 2.11. The fourth-order valence-electron chi connectivity index (χ4n) is 1.73. The highest BCUT2D eigenvalue weighted by Crippen LogP contribution is 2.34. The Morgan fingerprint density at radius 1 is 1.00 bits per heavy atom. The number of benzene rings is 2. The van der Waals surface area contributed by atoms with Crippen LogP contribution in [0.5, 0.6) is 17.2 Å². The van der Waals surface area contributed by atoms with E-state index < -0.39 is 5.82 Å². The number of ether oxygens (including phenoxy) is 2. The maximum Gasteiger partial charge on any atom is 0.167 e. The summed E-state index contributed by atoms with van der Waals surface area (Å²) in [6.45, 7) is 3.91. The quantitative estimate of drug-likeness (QED) is 0.854. The molecule has 2 N–H and O–H groups in total. The number of aryl methyl sites for hydroxylation is 2. The van der Waals surface area contributed by atoms with Crippen molar-refractivity contribution in [2.24, 2.45) is 0 Å². The number of methoxy groups -OCH3 is 1. The molecule has 0 aliphatic carbocycles. The monoisotopic (exact) mass is 261 g/mol. The molecule has 4 heteroatoms. The van der Waals surface area contributed by atoms with Crippen LogP contribution in [0, 0.1) is 19.7 Å². The van der Waals surface area contributed by atoms with Crippen molar-refractivity contribution in [1.82, 2.24) is 0 Å². The molecule has 2 aromatic carbocycles. The maximum atomic E-state index is 13.5. The van der Waals surface area contributed by atoms with Crippen molar-refractivity contribution in [2.45, 2.75) is 13.8 Å². The Labute approximate surface area is 111 Å². The van der Waals surface area contributed by atoms with Gasteiger partial charge in [-0.25, -0.2) is 4.39 Å². The van der Waals surface area contributed by atoms with E-state index in [9.17, 15) is 4.39 Å². The molecule has 0 atom stereocenters. The smallest absolute Gasteiger partial charge is 0.167 e. The van der Waals surface area contributed by atoms with Gasteiger partial charge in [-0.15, -0.1) is 0 Å². The predicted octanol–water partition coefficient (Wildman–Crippen LogP) is 3.83. The molecular weight excluding hydrogens is 245 g/mol. The second kappa shape index (κ2) is 5.18. The molecule has 0 saturated carbocycles. The van der Waals surface area contributed by atoms with E-state index in [-0.39, 0.29) is 11.4 Å². The Hall–Kier alpha value is -2.23. The molecule has 0 fully saturated rings. The third-order valence-corrected chi connectivity index (χ3v) is 2.85. The van der Waals surface area contributed by atoms with Crippen LogP contribution in [-0.2, 0) is 0 Å². The first kappa shape index (κ1) is 13.2. The summed E-state index contributed by atoms with van der Waals surface area (Å²) in [6, 6.07) is 8.51. The lowest BCUT2D eigenvalue weighted by molar-refractivity contribution is 0.382. The number of nitrogen functional groups attached to an aromatic ring is 1. The van der Waals surface area contributed by atoms with Crippen LogP contribution in [0.2, 0.25) is 0 Å². The van der Waals surface area contributed by atoms with E-state index in [1.807, 2.05) is 32.0 Å². The van der Waals surface area contributed by atoms with Gasteiger partial charge in [0.05, 0.1) is 12.8 Å². The average molecular weight is 261 g/mol. The molecule has 2 aromatic rings. The van der Waals surface area contributed by atoms with Crippen molar-refractivity contribution in [2.75, 3.05) is 12.8 Å². The van der Waals surface area contributed by atoms with E-state index in [4.69, 9.17) is 15.2 Å². The van der Waals surface area contributed by atoms with Gasteiger partial charge in [-0.1, -0.05) is 12.1 Å². The third-order valence-electron chi connectivity index (χ3n) is 2.85. The second-order valence-electron chi connectivity index (χ2n) is 4.40. The van der Waals surface area contributed by atoms with E-state index in [0.29, 0.717) is 11.5 Å². The van der Waals surface area contributed by atoms with Crippen LogP contribution in [0.25, 0.3) is 0 Å². The van der Waals surface area contributed by atoms with Crippen molar-refractivity contribution in [3.05, 3.63) is 47.3 Å². The van der Waals surface area contributed by atoms with Crippen LogP contribution in [0.1, 0.15) is 11.1 Å². The normalized spacial score (nSPS) is 10.3. The molecule has 100 valence electrons. The second-order valence-corrected chi connectivity index (χ2v) is 4.40. The van der Waals surface area contributed by atoms with Crippen LogP contribution >= 0.6 is 0 Å². The number of hydrogen-bond donors (Lipinski definition) is 1. The topological polar surface area (TPSA) is 44.5 Å². The zero-order valence-electron chi connectivity index (χ0n) is 11.2. The molecule has 3 nitrogen and oxygen atoms in total. The molecule has 0 heterocycles. The average Bonchev–Trinajstić information content (AvgIpc) is 2.37. The van der Waals surface area contributed by atoms with Gasteiger partial charge in [-0.3, -0.25) is 0 Å². The molecule has 0 aliphatic rings. The third kappa shape index (κ3) is 2.78. The standard InChI is InChI=1S/C15H16FNO2/c1-9-4-5-10(2)13(6-9)19-15-8-14(18-3)11(16)7-12(15)17/h4-8H,17H2,1-3H3. The Bertz CT molecular complexity index is 611. The summed E-state index contributed by atoms with van der Waals surface area (Å²) < 4.78 is 24.1. The largest absolute Gasteiger partial charge is 0.494 e. The minimum atomic E-state index is -0.506. The predicted molar refractivity (Wildman–Crippen MR) is 73.4 cm³/mol. The van der Waals surface area contributed by atoms with Gasteiger partial charge in [-0.2, -0.15) is 0 Å². The first-order valence-electron chi connectivity index (χ1n) is 5.89. The van der Waals surface area contributed by atoms with E-state index in [0.717, 1.165) is 11.1 Å². The SMILES string of the molecule is COc1cc(Oc2cc(C)ccc2C)c(N)cc1F. The summed E-state index contributed by atoms with van der Waals surface area (Å²) in [5.74, 6) is 0.676. The zero-order chi connectivity index (χ0) is 14.0. The van der Waals surface area contributed by atoms with Gasteiger partial charge in [-0.05, 0) is 31.0 Å². The first-order valence-corrected chi connectivity index (χ1v) is 5.89. The number of rotatable bonds is 3. The van der Waals surface area contributed by atoms with Crippen molar-refractivity contribution in [1.29, 1.82) is 0 Å². The van der Waals surface area contributed by atoms with Gasteiger partial charge < -0.3 is 15.2 Å². The molecule has 0 spiro atoms. The molecule has 0 unspecified atom stereocenters. The van der Waals surface area contributed by atoms with Gasteiger partial charge in [0.25, 0.3) is 0 Å². The van der Waals surface area contributed by atoms with E-state index in [1.165, 1.54) is 19.2 Å². The van der Waals surface area contributed by atoms with Crippen LogP contribution < -0.4 is 15.2 Å². The van der Waals surface area contributed by atoms with E-state index in [1.54, 1.807) is 0 Å². The summed E-state index contributed by atoms with van der Waals surface area (Å²) >= 11 is 0. The van der Waals surface area contributed by atoms with Gasteiger partial charge >= 0.3 is 0 Å². The van der Waals surface area contributed by atoms with Crippen LogP contribution in [-0.4, -0.2) is 7.11 Å². The summed E-state index contributed by atoms with van der Waals surface area (Å²) in [6.07, 6.45) is 0. The highest BCUT2D eigenvalue weighted by atomic mass is 19.1. The van der Waals surface area contributed by atoms with Crippen molar-refractivity contribution in [3.8, 4) is 17.2 Å². The summed E-state index contributed by atoms with van der Waals surface area (Å²) in [7, 11) is 1.40. The van der Waals surface area contributed by atoms with Crippen LogP contribution in [0.3, 0.4) is 0 Å². The lowest BCUT2D eigenvalue weighted by Gasteiger charge is -2.13. The van der Waals surface area contributed by atoms with E-state index in [2.05, 4.69) is 0 Å². The summed E-state index contributed by atoms with van der Waals surface area (Å²) in [5.41, 5.74) is 8.05. The molecule has 0 aromatic heterocycles. The molecule has 0 radical (unpaired) electrons. The van der Waals surface area contributed by atoms with Crippen LogP contribution in [0.15, 0.2) is 30.3 Å². The Balaban J connectivity index is 2.40. The fraction of sp³-hybridized carbons (Fsp3) is 0.200. The Morgan fingerprint density at radius 2 is 1.74 bits per heavy atom. The lowest BCUT2D eigenvalue weighted by atomic mass is 10.1. The van der Waals surface area contributed by atoms with E-state index >= 15 is 0 Å².